The van der Waals surface area contributed by atoms with Crippen molar-refractivity contribution in [2.75, 3.05) is 31.5 Å². The van der Waals surface area contributed by atoms with E-state index in [4.69, 9.17) is 0 Å². The van der Waals surface area contributed by atoms with Crippen molar-refractivity contribution in [1.29, 1.82) is 0 Å². The molecule has 0 radical (unpaired) electrons. The molecule has 0 spiro atoms. The molecule has 0 bridgehead atoms. The number of benzene rings is 2. The van der Waals surface area contributed by atoms with E-state index in [2.05, 4.69) is 10.2 Å². The average Bonchev–Trinajstić information content (AvgIpc) is 3.22. The molecule has 1 heterocycles. The summed E-state index contributed by atoms with van der Waals surface area (Å²) in [5.74, 6) is -0.358. The molecular formula is C22H25F4N3O. The van der Waals surface area contributed by atoms with Gasteiger partial charge in [-0.15, -0.1) is 0 Å². The van der Waals surface area contributed by atoms with Crippen molar-refractivity contribution in [2.45, 2.75) is 32.0 Å². The normalized spacial score (nSPS) is 15.8. The highest BCUT2D eigenvalue weighted by Gasteiger charge is 2.30. The Bertz CT molecular complexity index is 831. The van der Waals surface area contributed by atoms with Gasteiger partial charge in [0.25, 0.3) is 0 Å². The molecule has 30 heavy (non-hydrogen) atoms. The number of urea groups is 1. The van der Waals surface area contributed by atoms with E-state index in [-0.39, 0.29) is 17.5 Å². The molecule has 0 unspecified atom stereocenters. The molecule has 0 aliphatic carbocycles. The number of anilines is 1. The van der Waals surface area contributed by atoms with Gasteiger partial charge in [-0.1, -0.05) is 12.1 Å². The van der Waals surface area contributed by atoms with Crippen molar-refractivity contribution >= 4 is 11.7 Å². The highest BCUT2D eigenvalue weighted by atomic mass is 19.4. The predicted octanol–water partition coefficient (Wildman–Crippen LogP) is 5.54. The molecule has 1 aliphatic rings. The minimum absolute atomic E-state index is 0.283. The highest BCUT2D eigenvalue weighted by Crippen LogP contribution is 2.30. The van der Waals surface area contributed by atoms with Gasteiger partial charge in [0.15, 0.2) is 0 Å². The van der Waals surface area contributed by atoms with Crippen LogP contribution in [-0.2, 0) is 6.18 Å². The molecule has 8 heteroatoms. The molecule has 162 valence electrons. The topological polar surface area (TPSA) is 35.6 Å². The lowest BCUT2D eigenvalue weighted by Crippen LogP contribution is -2.41. The maximum Gasteiger partial charge on any atom is 0.416 e. The first-order chi connectivity index (χ1) is 14.2. The third kappa shape index (κ3) is 5.72. The number of hydrogen-bond donors (Lipinski definition) is 1. The second kappa shape index (κ2) is 9.47. The fourth-order valence-electron chi connectivity index (χ4n) is 3.59. The molecule has 4 nitrogen and oxygen atoms in total. The maximum atomic E-state index is 13.3. The Labute approximate surface area is 173 Å². The zero-order valence-corrected chi connectivity index (χ0v) is 16.8. The number of rotatable bonds is 6. The third-order valence-corrected chi connectivity index (χ3v) is 5.40. The zero-order chi connectivity index (χ0) is 21.7. The van der Waals surface area contributed by atoms with Crippen molar-refractivity contribution < 1.29 is 22.4 Å². The summed E-state index contributed by atoms with van der Waals surface area (Å²) in [5, 5.41) is 2.69. The Morgan fingerprint density at radius 1 is 1.07 bits per heavy atom. The molecule has 0 saturated carbocycles. The smallest absolute Gasteiger partial charge is 0.316 e. The van der Waals surface area contributed by atoms with E-state index in [1.165, 1.54) is 24.3 Å². The van der Waals surface area contributed by atoms with E-state index < -0.39 is 17.8 Å². The van der Waals surface area contributed by atoms with Gasteiger partial charge in [0.05, 0.1) is 11.6 Å². The van der Waals surface area contributed by atoms with Crippen LogP contribution in [0, 0.1) is 5.82 Å². The van der Waals surface area contributed by atoms with Crippen molar-refractivity contribution in [1.82, 2.24) is 9.80 Å². The fraction of sp³-hybridized carbons (Fsp3) is 0.409. The summed E-state index contributed by atoms with van der Waals surface area (Å²) in [6.07, 6.45) is -2.17. The van der Waals surface area contributed by atoms with Gasteiger partial charge in [0.1, 0.15) is 5.82 Å². The van der Waals surface area contributed by atoms with E-state index in [9.17, 15) is 22.4 Å². The minimum atomic E-state index is -4.43. The van der Waals surface area contributed by atoms with Gasteiger partial charge >= 0.3 is 12.2 Å². The second-order valence-corrected chi connectivity index (χ2v) is 7.47. The summed E-state index contributed by atoms with van der Waals surface area (Å²) in [7, 11) is 0. The minimum Gasteiger partial charge on any atom is -0.316 e. The third-order valence-electron chi connectivity index (χ3n) is 5.40. The molecule has 1 aliphatic heterocycles. The summed E-state index contributed by atoms with van der Waals surface area (Å²) in [4.78, 5) is 16.9. The Kier molecular flexibility index (Phi) is 6.97. The first-order valence-electron chi connectivity index (χ1n) is 9.97. The Morgan fingerprint density at radius 3 is 2.23 bits per heavy atom. The van der Waals surface area contributed by atoms with Crippen LogP contribution in [0.15, 0.2) is 48.5 Å². The Balaban J connectivity index is 1.73. The van der Waals surface area contributed by atoms with Crippen molar-refractivity contribution in [2.24, 2.45) is 0 Å². The molecule has 0 aromatic heterocycles. The standard InChI is InChI=1S/C22H25F4N3O/c1-16(17-4-8-19(23)9-5-17)29(15-14-28-12-2-3-13-28)21(30)27-20-10-6-18(7-11-20)22(24,25)26/h4-11,16H,2-3,12-15H2,1H3,(H,27,30)/t16-/m1/s1. The summed E-state index contributed by atoms with van der Waals surface area (Å²) in [6, 6.07) is 9.57. The fourth-order valence-corrected chi connectivity index (χ4v) is 3.59. The van der Waals surface area contributed by atoms with Crippen LogP contribution < -0.4 is 5.32 Å². The molecule has 1 saturated heterocycles. The van der Waals surface area contributed by atoms with E-state index in [1.807, 2.05) is 6.92 Å². The van der Waals surface area contributed by atoms with Gasteiger partial charge in [0, 0.05) is 18.8 Å². The molecular weight excluding hydrogens is 398 g/mol. The van der Waals surface area contributed by atoms with Crippen LogP contribution >= 0.6 is 0 Å². The monoisotopic (exact) mass is 423 g/mol. The highest BCUT2D eigenvalue weighted by molar-refractivity contribution is 5.89. The number of amides is 2. The van der Waals surface area contributed by atoms with Crippen LogP contribution in [0.25, 0.3) is 0 Å². The van der Waals surface area contributed by atoms with E-state index in [0.29, 0.717) is 13.1 Å². The van der Waals surface area contributed by atoms with Crippen LogP contribution in [0.4, 0.5) is 28.0 Å². The van der Waals surface area contributed by atoms with Gasteiger partial charge < -0.3 is 15.1 Å². The molecule has 1 atom stereocenters. The first kappa shape index (κ1) is 22.1. The lowest BCUT2D eigenvalue weighted by molar-refractivity contribution is -0.137. The van der Waals surface area contributed by atoms with Gasteiger partial charge in [-0.05, 0) is 74.8 Å². The lowest BCUT2D eigenvalue weighted by Gasteiger charge is -2.31. The van der Waals surface area contributed by atoms with Gasteiger partial charge in [-0.3, -0.25) is 0 Å². The van der Waals surface area contributed by atoms with Crippen LogP contribution in [-0.4, -0.2) is 42.0 Å². The lowest BCUT2D eigenvalue weighted by atomic mass is 10.1. The number of halogens is 4. The zero-order valence-electron chi connectivity index (χ0n) is 16.8. The number of nitrogens with zero attached hydrogens (tertiary/aromatic N) is 2. The molecule has 3 rings (SSSR count). The largest absolute Gasteiger partial charge is 0.416 e. The van der Waals surface area contributed by atoms with E-state index in [1.54, 1.807) is 17.0 Å². The summed E-state index contributed by atoms with van der Waals surface area (Å²) >= 11 is 0. The number of hydrogen-bond acceptors (Lipinski definition) is 2. The quantitative estimate of drug-likeness (QED) is 0.620. The van der Waals surface area contributed by atoms with Crippen molar-refractivity contribution in [3.63, 3.8) is 0 Å². The summed E-state index contributed by atoms with van der Waals surface area (Å²) in [5.41, 5.74) is 0.289. The Hall–Kier alpha value is -2.61. The van der Waals surface area contributed by atoms with Crippen molar-refractivity contribution in [3.8, 4) is 0 Å². The van der Waals surface area contributed by atoms with Gasteiger partial charge in [-0.25, -0.2) is 9.18 Å². The number of nitrogens with one attached hydrogen (secondary N) is 1. The van der Waals surface area contributed by atoms with Gasteiger partial charge in [0.2, 0.25) is 0 Å². The average molecular weight is 423 g/mol. The first-order valence-corrected chi connectivity index (χ1v) is 9.97. The molecule has 2 aromatic rings. The predicted molar refractivity (Wildman–Crippen MR) is 108 cm³/mol. The van der Waals surface area contributed by atoms with Crippen LogP contribution in [0.3, 0.4) is 0 Å². The van der Waals surface area contributed by atoms with Gasteiger partial charge in [-0.2, -0.15) is 13.2 Å². The molecule has 2 amide bonds. The molecule has 2 aromatic carbocycles. The second-order valence-electron chi connectivity index (χ2n) is 7.47. The van der Waals surface area contributed by atoms with E-state index >= 15 is 0 Å². The SMILES string of the molecule is C[C@H](c1ccc(F)cc1)N(CCN1CCCC1)C(=O)Nc1ccc(C(F)(F)F)cc1. The number of likely N-dealkylation sites (tertiary alicyclic amines) is 1. The van der Waals surface area contributed by atoms with E-state index in [0.717, 1.165) is 43.6 Å². The number of alkyl halides is 3. The Morgan fingerprint density at radius 2 is 1.67 bits per heavy atom. The van der Waals surface area contributed by atoms with Crippen LogP contribution in [0.2, 0.25) is 0 Å². The van der Waals surface area contributed by atoms with Crippen LogP contribution in [0.1, 0.15) is 36.9 Å². The van der Waals surface area contributed by atoms with Crippen molar-refractivity contribution in [3.05, 3.63) is 65.5 Å². The van der Waals surface area contributed by atoms with Crippen LogP contribution in [0.5, 0.6) is 0 Å². The molecule has 1 N–H and O–H groups in total. The number of carbonyl (C=O) groups is 1. The summed E-state index contributed by atoms with van der Waals surface area (Å²) in [6.45, 7) is 4.97. The maximum absolute atomic E-state index is 13.3. The molecule has 1 fully saturated rings. The summed E-state index contributed by atoms with van der Waals surface area (Å²) < 4.78 is 51.5. The number of carbonyl (C=O) groups excluding carboxylic acids is 1.